The van der Waals surface area contributed by atoms with Gasteiger partial charge in [0.05, 0.1) is 5.69 Å². The van der Waals surface area contributed by atoms with Crippen LogP contribution in [0.4, 0.5) is 6.01 Å². The Labute approximate surface area is 104 Å². The van der Waals surface area contributed by atoms with Gasteiger partial charge in [0.25, 0.3) is 6.01 Å². The molecule has 18 heavy (non-hydrogen) atoms. The van der Waals surface area contributed by atoms with Crippen LogP contribution in [0.15, 0.2) is 39.5 Å². The maximum atomic E-state index is 11.7. The molecule has 1 aromatic carbocycles. The van der Waals surface area contributed by atoms with Crippen molar-refractivity contribution in [1.82, 2.24) is 4.98 Å². The van der Waals surface area contributed by atoms with Gasteiger partial charge in [0.1, 0.15) is 5.56 Å². The summed E-state index contributed by atoms with van der Waals surface area (Å²) in [6, 6.07) is 9.22. The van der Waals surface area contributed by atoms with Gasteiger partial charge in [-0.2, -0.15) is 4.98 Å². The van der Waals surface area contributed by atoms with Gasteiger partial charge < -0.3 is 9.32 Å². The minimum atomic E-state index is -0.678. The number of aldehydes is 1. The molecule has 0 fully saturated rings. The van der Waals surface area contributed by atoms with Gasteiger partial charge in [-0.3, -0.25) is 4.79 Å². The van der Waals surface area contributed by atoms with Crippen LogP contribution < -0.4 is 10.5 Å². The van der Waals surface area contributed by atoms with Crippen molar-refractivity contribution >= 4 is 12.3 Å². The summed E-state index contributed by atoms with van der Waals surface area (Å²) in [7, 11) is 3.42. The fourth-order valence-electron chi connectivity index (χ4n) is 1.52. The van der Waals surface area contributed by atoms with E-state index in [1.807, 2.05) is 18.2 Å². The molecule has 0 saturated heterocycles. The average molecular weight is 244 g/mol. The summed E-state index contributed by atoms with van der Waals surface area (Å²) in [5.41, 5.74) is 0.301. The highest BCUT2D eigenvalue weighted by Crippen LogP contribution is 2.20. The molecule has 0 radical (unpaired) electrons. The van der Waals surface area contributed by atoms with Gasteiger partial charge in [-0.15, -0.1) is 0 Å². The van der Waals surface area contributed by atoms with E-state index in [4.69, 9.17) is 4.42 Å². The Morgan fingerprint density at radius 1 is 1.22 bits per heavy atom. The molecule has 0 aliphatic heterocycles. The first kappa shape index (κ1) is 12.0. The van der Waals surface area contributed by atoms with Crippen molar-refractivity contribution in [3.63, 3.8) is 0 Å². The van der Waals surface area contributed by atoms with Crippen molar-refractivity contribution < 1.29 is 9.21 Å². The lowest BCUT2D eigenvalue weighted by Crippen LogP contribution is -2.18. The first-order valence-electron chi connectivity index (χ1n) is 5.36. The molecule has 2 aromatic rings. The predicted octanol–water partition coefficient (Wildman–Crippen LogP) is 1.58. The number of anilines is 1. The van der Waals surface area contributed by atoms with Crippen LogP contribution >= 0.6 is 0 Å². The smallest absolute Gasteiger partial charge is 0.351 e. The molecule has 0 aliphatic carbocycles. The molecule has 5 nitrogen and oxygen atoms in total. The Kier molecular flexibility index (Phi) is 3.23. The van der Waals surface area contributed by atoms with Crippen LogP contribution in [0, 0.1) is 0 Å². The second kappa shape index (κ2) is 4.83. The zero-order chi connectivity index (χ0) is 13.1. The standard InChI is InChI=1S/C13H12N2O3/c1-15(2)13-14-11(9-6-4-3-5-7-9)10(8-16)12(17)18-13/h3-8H,1-2H3. The van der Waals surface area contributed by atoms with Crippen LogP contribution in [-0.2, 0) is 0 Å². The highest BCUT2D eigenvalue weighted by atomic mass is 16.4. The van der Waals surface area contributed by atoms with E-state index in [9.17, 15) is 9.59 Å². The molecule has 0 spiro atoms. The lowest BCUT2D eigenvalue weighted by atomic mass is 10.1. The average Bonchev–Trinajstić information content (AvgIpc) is 2.38. The van der Waals surface area contributed by atoms with E-state index in [1.165, 1.54) is 0 Å². The minimum Gasteiger partial charge on any atom is -0.388 e. The van der Waals surface area contributed by atoms with Crippen molar-refractivity contribution in [3.8, 4) is 11.3 Å². The Morgan fingerprint density at radius 2 is 1.89 bits per heavy atom. The van der Waals surface area contributed by atoms with Gasteiger partial charge in [-0.1, -0.05) is 30.3 Å². The second-order valence-electron chi connectivity index (χ2n) is 3.92. The van der Waals surface area contributed by atoms with Gasteiger partial charge in [0.15, 0.2) is 6.29 Å². The largest absolute Gasteiger partial charge is 0.388 e. The van der Waals surface area contributed by atoms with E-state index in [-0.39, 0.29) is 11.6 Å². The lowest BCUT2D eigenvalue weighted by Gasteiger charge is -2.11. The van der Waals surface area contributed by atoms with Crippen LogP contribution in [0.5, 0.6) is 0 Å². The summed E-state index contributed by atoms with van der Waals surface area (Å²) in [4.78, 5) is 28.5. The molecule has 1 aromatic heterocycles. The Bertz CT molecular complexity index is 618. The van der Waals surface area contributed by atoms with Crippen molar-refractivity contribution in [2.75, 3.05) is 19.0 Å². The fraction of sp³-hybridized carbons (Fsp3) is 0.154. The van der Waals surface area contributed by atoms with E-state index in [1.54, 1.807) is 31.1 Å². The van der Waals surface area contributed by atoms with Gasteiger partial charge >= 0.3 is 5.63 Å². The summed E-state index contributed by atoms with van der Waals surface area (Å²) in [5, 5.41) is 0. The Balaban J connectivity index is 2.72. The normalized spacial score (nSPS) is 10.1. The lowest BCUT2D eigenvalue weighted by molar-refractivity contribution is 0.112. The summed E-state index contributed by atoms with van der Waals surface area (Å²) in [5.74, 6) is 0. The summed E-state index contributed by atoms with van der Waals surface area (Å²) in [6.45, 7) is 0. The zero-order valence-corrected chi connectivity index (χ0v) is 10.1. The van der Waals surface area contributed by atoms with Crippen molar-refractivity contribution in [2.24, 2.45) is 0 Å². The number of hydrogen-bond donors (Lipinski definition) is 0. The molecular weight excluding hydrogens is 232 g/mol. The van der Waals surface area contributed by atoms with E-state index < -0.39 is 5.63 Å². The highest BCUT2D eigenvalue weighted by molar-refractivity contribution is 5.85. The molecule has 0 N–H and O–H groups in total. The maximum Gasteiger partial charge on any atom is 0.351 e. The third kappa shape index (κ3) is 2.15. The fourth-order valence-corrected chi connectivity index (χ4v) is 1.52. The minimum absolute atomic E-state index is 0.0631. The molecule has 0 saturated carbocycles. The molecule has 0 atom stereocenters. The number of nitrogens with zero attached hydrogens (tertiary/aromatic N) is 2. The highest BCUT2D eigenvalue weighted by Gasteiger charge is 2.15. The van der Waals surface area contributed by atoms with Gasteiger partial charge in [0.2, 0.25) is 0 Å². The van der Waals surface area contributed by atoms with E-state index >= 15 is 0 Å². The molecule has 0 amide bonds. The van der Waals surface area contributed by atoms with Crippen LogP contribution in [0.25, 0.3) is 11.3 Å². The van der Waals surface area contributed by atoms with Crippen molar-refractivity contribution in [1.29, 1.82) is 0 Å². The Hall–Kier alpha value is -2.43. The van der Waals surface area contributed by atoms with Crippen molar-refractivity contribution in [3.05, 3.63) is 46.3 Å². The topological polar surface area (TPSA) is 63.4 Å². The van der Waals surface area contributed by atoms with Gasteiger partial charge in [-0.05, 0) is 0 Å². The number of rotatable bonds is 3. The van der Waals surface area contributed by atoms with E-state index in [0.29, 0.717) is 17.5 Å². The van der Waals surface area contributed by atoms with Crippen LogP contribution in [0.1, 0.15) is 10.4 Å². The number of hydrogen-bond acceptors (Lipinski definition) is 5. The first-order chi connectivity index (χ1) is 8.63. The number of carbonyl (C=O) groups excluding carboxylic acids is 1. The summed E-state index contributed by atoms with van der Waals surface area (Å²) in [6.07, 6.45) is 0.473. The first-order valence-corrected chi connectivity index (χ1v) is 5.36. The molecule has 0 unspecified atom stereocenters. The zero-order valence-electron chi connectivity index (χ0n) is 10.1. The molecule has 92 valence electrons. The van der Waals surface area contributed by atoms with Crippen LogP contribution in [0.2, 0.25) is 0 Å². The third-order valence-corrected chi connectivity index (χ3v) is 2.41. The number of carbonyl (C=O) groups is 1. The molecule has 1 heterocycles. The quantitative estimate of drug-likeness (QED) is 0.767. The number of aromatic nitrogens is 1. The molecule has 0 aliphatic rings. The predicted molar refractivity (Wildman–Crippen MR) is 67.9 cm³/mol. The third-order valence-electron chi connectivity index (χ3n) is 2.41. The molecular formula is C13H12N2O3. The molecule has 5 heteroatoms. The monoisotopic (exact) mass is 244 g/mol. The SMILES string of the molecule is CN(C)c1nc(-c2ccccc2)c(C=O)c(=O)o1. The second-order valence-corrected chi connectivity index (χ2v) is 3.92. The maximum absolute atomic E-state index is 11.7. The van der Waals surface area contributed by atoms with Crippen molar-refractivity contribution in [2.45, 2.75) is 0 Å². The summed E-state index contributed by atoms with van der Waals surface area (Å²) >= 11 is 0. The number of benzene rings is 1. The Morgan fingerprint density at radius 3 is 2.44 bits per heavy atom. The van der Waals surface area contributed by atoms with Crippen LogP contribution in [-0.4, -0.2) is 25.4 Å². The van der Waals surface area contributed by atoms with E-state index in [0.717, 1.165) is 0 Å². The molecule has 0 bridgehead atoms. The summed E-state index contributed by atoms with van der Waals surface area (Å²) < 4.78 is 4.95. The van der Waals surface area contributed by atoms with Crippen LogP contribution in [0.3, 0.4) is 0 Å². The van der Waals surface area contributed by atoms with Gasteiger partial charge in [0, 0.05) is 19.7 Å². The van der Waals surface area contributed by atoms with Gasteiger partial charge in [-0.25, -0.2) is 4.79 Å². The molecule has 2 rings (SSSR count). The van der Waals surface area contributed by atoms with E-state index in [2.05, 4.69) is 4.98 Å².